The van der Waals surface area contributed by atoms with E-state index in [1.54, 1.807) is 0 Å². The Hall–Kier alpha value is -1.53. The van der Waals surface area contributed by atoms with Gasteiger partial charge in [-0.15, -0.1) is 0 Å². The summed E-state index contributed by atoms with van der Waals surface area (Å²) in [6, 6.07) is 15.4. The fourth-order valence-corrected chi connectivity index (χ4v) is 6.45. The lowest BCUT2D eigenvalue weighted by Crippen LogP contribution is -2.07. The molecule has 0 amide bonds. The maximum Gasteiger partial charge on any atom is 0.274 e. The van der Waals surface area contributed by atoms with Crippen LogP contribution in [0.3, 0.4) is 0 Å². The minimum Gasteiger partial charge on any atom is -0.562 e. The second-order valence-corrected chi connectivity index (χ2v) is 7.34. The molecule has 3 aromatic rings. The maximum absolute atomic E-state index is 10.3. The van der Waals surface area contributed by atoms with Gasteiger partial charge in [0.05, 0.1) is 0 Å². The minimum atomic E-state index is -1.67. The average Bonchev–Trinajstić information content (AvgIpc) is 2.36. The van der Waals surface area contributed by atoms with Crippen LogP contribution in [0.4, 0.5) is 0 Å². The highest BCUT2D eigenvalue weighted by atomic mass is 28.3. The summed E-state index contributed by atoms with van der Waals surface area (Å²) in [5.74, 6) is 0. The average molecular weight is 242 g/mol. The maximum atomic E-state index is 10.3. The highest BCUT2D eigenvalue weighted by Gasteiger charge is 2.13. The molecule has 3 rings (SSSR count). The first-order chi connectivity index (χ1) is 7.79. The molecule has 0 fully saturated rings. The number of benzene rings is 2. The second kappa shape index (κ2) is 3.50. The number of hydrogen-bond acceptors (Lipinski definition) is 2. The summed E-state index contributed by atoms with van der Waals surface area (Å²) in [5, 5.41) is 0. The van der Waals surface area contributed by atoms with Crippen LogP contribution in [0, 0.1) is 0 Å². The van der Waals surface area contributed by atoms with E-state index in [0.29, 0.717) is 0 Å². The normalized spacial score (nSPS) is 11.0. The van der Waals surface area contributed by atoms with Crippen molar-refractivity contribution in [3.05, 3.63) is 48.5 Å². The third-order valence-corrected chi connectivity index (χ3v) is 7.16. The fourth-order valence-electron chi connectivity index (χ4n) is 2.08. The zero-order chi connectivity index (χ0) is 11.1. The summed E-state index contributed by atoms with van der Waals surface area (Å²) in [4.78, 5) is 24.5. The van der Waals surface area contributed by atoms with Gasteiger partial charge in [-0.1, -0.05) is 48.5 Å². The standard InChI is InChI=1S/C12H10O2Si2/c13-15-9-5-1-2-6-10(9)16(14)12-8-4-3-7-11(12)15/h1-8,13-14H. The van der Waals surface area contributed by atoms with Crippen molar-refractivity contribution in [2.24, 2.45) is 0 Å². The molecule has 0 aliphatic heterocycles. The molecular formula is C12H10O2Si2. The largest absolute Gasteiger partial charge is 0.562 e. The summed E-state index contributed by atoms with van der Waals surface area (Å²) in [7, 11) is -3.35. The van der Waals surface area contributed by atoms with Crippen LogP contribution in [-0.2, 0) is 0 Å². The predicted octanol–water partition coefficient (Wildman–Crippen LogP) is 1.56. The van der Waals surface area contributed by atoms with E-state index in [1.807, 2.05) is 48.5 Å². The molecule has 0 radical (unpaired) electrons. The molecular weight excluding hydrogens is 232 g/mol. The molecule has 0 aliphatic rings. The second-order valence-electron chi connectivity index (χ2n) is 3.79. The Morgan fingerprint density at radius 2 is 0.812 bits per heavy atom. The van der Waals surface area contributed by atoms with Gasteiger partial charge in [0, 0.05) is 20.0 Å². The third kappa shape index (κ3) is 1.23. The van der Waals surface area contributed by atoms with Crippen LogP contribution in [0.15, 0.2) is 48.5 Å². The van der Waals surface area contributed by atoms with E-state index in [2.05, 4.69) is 0 Å². The molecule has 0 bridgehead atoms. The Balaban J connectivity index is 2.67. The van der Waals surface area contributed by atoms with Crippen molar-refractivity contribution in [3.63, 3.8) is 0 Å². The smallest absolute Gasteiger partial charge is 0.274 e. The Bertz CT molecular complexity index is 578. The Morgan fingerprint density at radius 3 is 1.06 bits per heavy atom. The van der Waals surface area contributed by atoms with Gasteiger partial charge in [-0.25, -0.2) is 0 Å². The van der Waals surface area contributed by atoms with Crippen molar-refractivity contribution in [3.8, 4) is 0 Å². The van der Waals surface area contributed by atoms with Gasteiger partial charge in [-0.05, 0) is 0 Å². The zero-order valence-electron chi connectivity index (χ0n) is 8.51. The van der Waals surface area contributed by atoms with Crippen LogP contribution in [0.2, 0.25) is 0 Å². The lowest BCUT2D eigenvalue weighted by molar-refractivity contribution is 0.608. The molecule has 2 aromatic carbocycles. The lowest BCUT2D eigenvalue weighted by atomic mass is 10.4. The van der Waals surface area contributed by atoms with Crippen molar-refractivity contribution >= 4 is 37.3 Å². The number of rotatable bonds is 0. The monoisotopic (exact) mass is 242 g/mol. The molecule has 0 saturated heterocycles. The van der Waals surface area contributed by atoms with Gasteiger partial charge in [0.1, 0.15) is 0 Å². The molecule has 0 atom stereocenters. The van der Waals surface area contributed by atoms with Gasteiger partial charge in [0.25, 0.3) is 17.3 Å². The van der Waals surface area contributed by atoms with Crippen molar-refractivity contribution < 1.29 is 9.59 Å². The van der Waals surface area contributed by atoms with Crippen LogP contribution < -0.4 is 0 Å². The molecule has 78 valence electrons. The van der Waals surface area contributed by atoms with Crippen LogP contribution in [0.25, 0.3) is 20.0 Å². The van der Waals surface area contributed by atoms with Crippen LogP contribution in [0.5, 0.6) is 0 Å². The summed E-state index contributed by atoms with van der Waals surface area (Å²) in [6.45, 7) is 0. The summed E-state index contributed by atoms with van der Waals surface area (Å²) in [6.07, 6.45) is 0. The fraction of sp³-hybridized carbons (Fsp3) is 0. The van der Waals surface area contributed by atoms with Crippen molar-refractivity contribution in [2.75, 3.05) is 0 Å². The zero-order valence-corrected chi connectivity index (χ0v) is 10.5. The molecule has 4 heteroatoms. The molecule has 1 heterocycles. The Kier molecular flexibility index (Phi) is 2.12. The van der Waals surface area contributed by atoms with Crippen LogP contribution in [-0.4, -0.2) is 26.9 Å². The quantitative estimate of drug-likeness (QED) is 0.464. The van der Waals surface area contributed by atoms with E-state index in [4.69, 9.17) is 0 Å². The SMILES string of the molecule is O[si]1c2ccccc2[si](O)c2ccccc21. The minimum absolute atomic E-state index is 0.947. The molecule has 0 unspecified atom stereocenters. The molecule has 2 N–H and O–H groups in total. The Morgan fingerprint density at radius 1 is 0.562 bits per heavy atom. The first-order valence-electron chi connectivity index (χ1n) is 5.10. The third-order valence-electron chi connectivity index (χ3n) is 2.87. The van der Waals surface area contributed by atoms with Gasteiger partial charge in [-0.2, -0.15) is 0 Å². The van der Waals surface area contributed by atoms with E-state index >= 15 is 0 Å². The van der Waals surface area contributed by atoms with E-state index in [-0.39, 0.29) is 0 Å². The van der Waals surface area contributed by atoms with Crippen LogP contribution in [0.1, 0.15) is 0 Å². The van der Waals surface area contributed by atoms with Crippen LogP contribution >= 0.6 is 0 Å². The molecule has 1 aromatic heterocycles. The van der Waals surface area contributed by atoms with Gasteiger partial charge in [-0.3, -0.25) is 0 Å². The number of fused-ring (bicyclic) bond motifs is 2. The van der Waals surface area contributed by atoms with Crippen molar-refractivity contribution in [2.45, 2.75) is 0 Å². The first-order valence-corrected chi connectivity index (χ1v) is 8.00. The van der Waals surface area contributed by atoms with E-state index < -0.39 is 17.3 Å². The Labute approximate surface area is 95.7 Å². The summed E-state index contributed by atoms with van der Waals surface area (Å²) in [5.41, 5.74) is 0. The van der Waals surface area contributed by atoms with E-state index in [9.17, 15) is 9.59 Å². The summed E-state index contributed by atoms with van der Waals surface area (Å²) < 4.78 is 0. The van der Waals surface area contributed by atoms with E-state index in [1.165, 1.54) is 0 Å². The topological polar surface area (TPSA) is 40.5 Å². The first kappa shape index (κ1) is 9.68. The molecule has 2 nitrogen and oxygen atoms in total. The van der Waals surface area contributed by atoms with Gasteiger partial charge < -0.3 is 9.59 Å². The van der Waals surface area contributed by atoms with Gasteiger partial charge >= 0.3 is 0 Å². The van der Waals surface area contributed by atoms with E-state index in [0.717, 1.165) is 20.0 Å². The summed E-state index contributed by atoms with van der Waals surface area (Å²) >= 11 is 0. The lowest BCUT2D eigenvalue weighted by Gasteiger charge is -2.07. The molecule has 0 spiro atoms. The van der Waals surface area contributed by atoms with Crippen molar-refractivity contribution in [1.29, 1.82) is 0 Å². The van der Waals surface area contributed by atoms with Gasteiger partial charge in [0.15, 0.2) is 0 Å². The highest BCUT2D eigenvalue weighted by molar-refractivity contribution is 6.84. The molecule has 0 aliphatic carbocycles. The number of hydrogen-bond donors (Lipinski definition) is 2. The molecule has 16 heavy (non-hydrogen) atoms. The van der Waals surface area contributed by atoms with Crippen molar-refractivity contribution in [1.82, 2.24) is 0 Å². The predicted molar refractivity (Wildman–Crippen MR) is 68.6 cm³/mol. The highest BCUT2D eigenvalue weighted by Crippen LogP contribution is 2.19. The van der Waals surface area contributed by atoms with Gasteiger partial charge in [0.2, 0.25) is 0 Å². The molecule has 0 saturated carbocycles.